The van der Waals surface area contributed by atoms with Crippen LogP contribution in [0, 0.1) is 0 Å². The molecule has 9 nitrogen and oxygen atoms in total. The maximum Gasteiger partial charge on any atom is 0.306 e. The third kappa shape index (κ3) is 75.3. The lowest BCUT2D eigenvalue weighted by Gasteiger charge is -2.28. The van der Waals surface area contributed by atoms with Crippen molar-refractivity contribution in [2.45, 2.75) is 418 Å². The Morgan fingerprint density at radius 3 is 0.889 bits per heavy atom. The fourth-order valence-corrected chi connectivity index (χ4v) is 12.8. The molecule has 2 atom stereocenters. The van der Waals surface area contributed by atoms with Gasteiger partial charge in [-0.3, -0.25) is 14.2 Å². The summed E-state index contributed by atoms with van der Waals surface area (Å²) in [4.78, 5) is 38.1. The van der Waals surface area contributed by atoms with Crippen LogP contribution in [0.2, 0.25) is 0 Å². The summed E-state index contributed by atoms with van der Waals surface area (Å²) >= 11 is 0. The van der Waals surface area contributed by atoms with Crippen LogP contribution in [0.1, 0.15) is 412 Å². The van der Waals surface area contributed by atoms with Crippen LogP contribution in [-0.4, -0.2) is 70.0 Å². The van der Waals surface area contributed by atoms with Gasteiger partial charge in [-0.15, -0.1) is 0 Å². The fourth-order valence-electron chi connectivity index (χ4n) is 12.1. The van der Waals surface area contributed by atoms with Crippen molar-refractivity contribution in [1.29, 1.82) is 0 Å². The normalized spacial score (nSPS) is 13.2. The number of allylic oxidation sites excluding steroid dienone is 6. The van der Waals surface area contributed by atoms with E-state index in [9.17, 15) is 19.0 Å². The maximum absolute atomic E-state index is 12.9. The van der Waals surface area contributed by atoms with Gasteiger partial charge < -0.3 is 27.9 Å². The first-order valence-electron chi connectivity index (χ1n) is 39.7. The Morgan fingerprint density at radius 1 is 0.344 bits per heavy atom. The quantitative estimate of drug-likeness (QED) is 0.0195. The van der Waals surface area contributed by atoms with Gasteiger partial charge in [0.1, 0.15) is 19.8 Å². The number of unbranched alkanes of at least 4 members (excludes halogenated alkanes) is 55. The number of likely N-dealkylation sites (N-methyl/N-ethyl adjacent to an activating group) is 1. The molecular formula is C80H154NO8P. The second-order valence-corrected chi connectivity index (χ2v) is 29.9. The summed E-state index contributed by atoms with van der Waals surface area (Å²) in [5.41, 5.74) is 0. The number of phosphoric acid groups is 1. The molecule has 0 aliphatic carbocycles. The molecule has 532 valence electrons. The van der Waals surface area contributed by atoms with Gasteiger partial charge in [-0.1, -0.05) is 384 Å². The van der Waals surface area contributed by atoms with E-state index in [2.05, 4.69) is 50.3 Å². The zero-order valence-corrected chi connectivity index (χ0v) is 61.8. The van der Waals surface area contributed by atoms with Crippen molar-refractivity contribution in [3.8, 4) is 0 Å². The first-order valence-corrected chi connectivity index (χ1v) is 41.2. The molecule has 0 heterocycles. The van der Waals surface area contributed by atoms with E-state index in [1.165, 1.54) is 321 Å². The predicted molar refractivity (Wildman–Crippen MR) is 388 cm³/mol. The van der Waals surface area contributed by atoms with Gasteiger partial charge in [0.2, 0.25) is 0 Å². The molecule has 0 saturated carbocycles. The molecule has 0 N–H and O–H groups in total. The molecule has 0 rings (SSSR count). The first kappa shape index (κ1) is 88.2. The van der Waals surface area contributed by atoms with Crippen LogP contribution in [-0.2, 0) is 32.7 Å². The summed E-state index contributed by atoms with van der Waals surface area (Å²) in [6.45, 7) is 4.30. The van der Waals surface area contributed by atoms with Crippen LogP contribution in [0.5, 0.6) is 0 Å². The minimum absolute atomic E-state index is 0.0298. The number of carbonyl (C=O) groups excluding carboxylic acids is 2. The number of phosphoric ester groups is 1. The summed E-state index contributed by atoms with van der Waals surface area (Å²) < 4.78 is 34.4. The molecule has 0 aromatic heterocycles. The molecule has 0 aliphatic heterocycles. The summed E-state index contributed by atoms with van der Waals surface area (Å²) in [5.74, 6) is -0.817. The van der Waals surface area contributed by atoms with Crippen LogP contribution in [0.25, 0.3) is 0 Å². The Hall–Kier alpha value is -1.77. The lowest BCUT2D eigenvalue weighted by molar-refractivity contribution is -0.870. The van der Waals surface area contributed by atoms with Gasteiger partial charge >= 0.3 is 11.9 Å². The molecule has 0 aromatic carbocycles. The zero-order valence-electron chi connectivity index (χ0n) is 60.9. The van der Waals surface area contributed by atoms with Crippen LogP contribution >= 0.6 is 7.82 Å². The molecule has 0 bridgehead atoms. The molecule has 0 fully saturated rings. The fraction of sp³-hybridized carbons (Fsp3) is 0.900. The average molecular weight is 1290 g/mol. The monoisotopic (exact) mass is 1290 g/mol. The van der Waals surface area contributed by atoms with Crippen LogP contribution < -0.4 is 4.89 Å². The molecule has 10 heteroatoms. The number of hydrogen-bond acceptors (Lipinski definition) is 8. The number of ether oxygens (including phenoxy) is 2. The molecule has 0 radical (unpaired) electrons. The summed E-state index contributed by atoms with van der Waals surface area (Å²) in [6.07, 6.45) is 92.8. The largest absolute Gasteiger partial charge is 0.756 e. The second kappa shape index (κ2) is 71.5. The van der Waals surface area contributed by atoms with Gasteiger partial charge in [-0.05, 0) is 51.4 Å². The molecule has 0 aliphatic rings. The molecule has 0 amide bonds. The molecular weight excluding hydrogens is 1130 g/mol. The maximum atomic E-state index is 12.9. The summed E-state index contributed by atoms with van der Waals surface area (Å²) in [5, 5.41) is 0. The number of carbonyl (C=O) groups is 2. The minimum Gasteiger partial charge on any atom is -0.756 e. The van der Waals surface area contributed by atoms with Crippen molar-refractivity contribution in [2.75, 3.05) is 47.5 Å². The second-order valence-electron chi connectivity index (χ2n) is 28.4. The number of hydrogen-bond donors (Lipinski definition) is 0. The standard InChI is InChI=1S/C80H154NO8P/c1-6-8-10-12-14-16-18-20-22-24-26-28-30-32-33-34-35-36-37-38-39-40-41-42-43-44-45-46-47-49-50-52-54-56-58-60-62-64-66-68-70-72-79(82)86-76-78(77-88-90(84,85)87-75-74-81(3,4)5)89-80(83)73-71-69-67-65-63-61-59-57-55-53-51-48-31-29-27-25-23-21-19-17-15-13-11-9-7-2/h19,21,25,27,31,48,78H,6-18,20,22-24,26,28-30,32-47,49-77H2,1-5H3/b21-19-,27-25-,48-31-. The Kier molecular flexibility index (Phi) is 70.1. The third-order valence-corrected chi connectivity index (χ3v) is 19.1. The number of quaternary nitrogens is 1. The van der Waals surface area contributed by atoms with Crippen molar-refractivity contribution in [3.63, 3.8) is 0 Å². The topological polar surface area (TPSA) is 111 Å². The van der Waals surface area contributed by atoms with Crippen LogP contribution in [0.15, 0.2) is 36.5 Å². The van der Waals surface area contributed by atoms with Crippen molar-refractivity contribution >= 4 is 19.8 Å². The highest BCUT2D eigenvalue weighted by molar-refractivity contribution is 7.45. The molecule has 0 spiro atoms. The summed E-state index contributed by atoms with van der Waals surface area (Å²) in [6, 6.07) is 0. The first-order chi connectivity index (χ1) is 44.0. The number of nitrogens with zero attached hydrogens (tertiary/aromatic N) is 1. The van der Waals surface area contributed by atoms with E-state index < -0.39 is 26.5 Å². The Labute approximate surface area is 561 Å². The minimum atomic E-state index is -4.64. The van der Waals surface area contributed by atoms with Gasteiger partial charge in [0.05, 0.1) is 27.7 Å². The molecule has 0 aromatic rings. The van der Waals surface area contributed by atoms with Gasteiger partial charge in [-0.2, -0.15) is 0 Å². The smallest absolute Gasteiger partial charge is 0.306 e. The van der Waals surface area contributed by atoms with Crippen molar-refractivity contribution < 1.29 is 42.1 Å². The highest BCUT2D eigenvalue weighted by atomic mass is 31.2. The predicted octanol–water partition coefficient (Wildman–Crippen LogP) is 25.5. The van der Waals surface area contributed by atoms with E-state index in [0.717, 1.165) is 57.8 Å². The average Bonchev–Trinajstić information content (AvgIpc) is 3.58. The Bertz CT molecular complexity index is 1610. The van der Waals surface area contributed by atoms with Crippen molar-refractivity contribution in [2.24, 2.45) is 0 Å². The van der Waals surface area contributed by atoms with Crippen LogP contribution in [0.3, 0.4) is 0 Å². The van der Waals surface area contributed by atoms with Crippen LogP contribution in [0.4, 0.5) is 0 Å². The number of rotatable bonds is 75. The van der Waals surface area contributed by atoms with E-state index in [0.29, 0.717) is 17.4 Å². The van der Waals surface area contributed by atoms with E-state index in [4.69, 9.17) is 18.5 Å². The van der Waals surface area contributed by atoms with Gasteiger partial charge in [0.15, 0.2) is 6.10 Å². The zero-order chi connectivity index (χ0) is 65.5. The molecule has 0 saturated heterocycles. The Balaban J connectivity index is 3.87. The SMILES string of the molecule is CCCCCCC/C=C\C/C=C\C/C=C\CCCCCCCCCCCCC(=O)OC(COC(=O)CCCCCCCCCCCCCCCCCCCCCCCCCCCCCCCCCCCCCCCCCCC)COP(=O)([O-])OCC[N+](C)(C)C. The highest BCUT2D eigenvalue weighted by Gasteiger charge is 2.22. The van der Waals surface area contributed by atoms with Gasteiger partial charge in [0, 0.05) is 12.8 Å². The Morgan fingerprint density at radius 2 is 0.600 bits per heavy atom. The van der Waals surface area contributed by atoms with E-state index in [-0.39, 0.29) is 32.0 Å². The molecule has 2 unspecified atom stereocenters. The molecule has 90 heavy (non-hydrogen) atoms. The lowest BCUT2D eigenvalue weighted by atomic mass is 10.0. The van der Waals surface area contributed by atoms with Crippen molar-refractivity contribution in [1.82, 2.24) is 0 Å². The highest BCUT2D eigenvalue weighted by Crippen LogP contribution is 2.38. The van der Waals surface area contributed by atoms with E-state index in [1.807, 2.05) is 21.1 Å². The van der Waals surface area contributed by atoms with E-state index >= 15 is 0 Å². The number of esters is 2. The third-order valence-electron chi connectivity index (χ3n) is 18.2. The summed E-state index contributed by atoms with van der Waals surface area (Å²) in [7, 11) is 1.18. The van der Waals surface area contributed by atoms with E-state index in [1.54, 1.807) is 0 Å². The lowest BCUT2D eigenvalue weighted by Crippen LogP contribution is -2.37. The van der Waals surface area contributed by atoms with Gasteiger partial charge in [-0.25, -0.2) is 0 Å². The van der Waals surface area contributed by atoms with Gasteiger partial charge in [0.25, 0.3) is 7.82 Å². The van der Waals surface area contributed by atoms with Crippen molar-refractivity contribution in [3.05, 3.63) is 36.5 Å².